The van der Waals surface area contributed by atoms with E-state index in [9.17, 15) is 4.79 Å². The summed E-state index contributed by atoms with van der Waals surface area (Å²) in [7, 11) is 0. The number of nitrogens with zero attached hydrogens (tertiary/aromatic N) is 5. The van der Waals surface area contributed by atoms with Crippen LogP contribution in [0.1, 0.15) is 43.8 Å². The van der Waals surface area contributed by atoms with Gasteiger partial charge in [0.15, 0.2) is 5.82 Å². The van der Waals surface area contributed by atoms with E-state index in [1.807, 2.05) is 52.0 Å². The minimum absolute atomic E-state index is 0.137. The van der Waals surface area contributed by atoms with Gasteiger partial charge in [0.05, 0.1) is 5.69 Å². The van der Waals surface area contributed by atoms with Crippen molar-refractivity contribution in [1.82, 2.24) is 24.6 Å². The quantitative estimate of drug-likeness (QED) is 0.667. The van der Waals surface area contributed by atoms with Crippen molar-refractivity contribution < 1.29 is 9.53 Å². The summed E-state index contributed by atoms with van der Waals surface area (Å²) in [4.78, 5) is 22.6. The lowest BCUT2D eigenvalue weighted by Gasteiger charge is -2.18. The number of amides is 1. The summed E-state index contributed by atoms with van der Waals surface area (Å²) in [5.41, 5.74) is 0.932. The van der Waals surface area contributed by atoms with Crippen LogP contribution in [0.3, 0.4) is 0 Å². The Labute approximate surface area is 170 Å². The molecule has 0 radical (unpaired) electrons. The van der Waals surface area contributed by atoms with Crippen molar-refractivity contribution >= 4 is 5.91 Å². The average molecular weight is 391 g/mol. The van der Waals surface area contributed by atoms with Crippen LogP contribution in [0.15, 0.2) is 54.9 Å². The number of para-hydroxylation sites is 1. The lowest BCUT2D eigenvalue weighted by Crippen LogP contribution is -2.29. The van der Waals surface area contributed by atoms with Gasteiger partial charge >= 0.3 is 0 Å². The zero-order valence-corrected chi connectivity index (χ0v) is 16.6. The van der Waals surface area contributed by atoms with Gasteiger partial charge in [-0.2, -0.15) is 0 Å². The highest BCUT2D eigenvalue weighted by atomic mass is 16.5. The van der Waals surface area contributed by atoms with Crippen LogP contribution in [0.2, 0.25) is 0 Å². The van der Waals surface area contributed by atoms with Gasteiger partial charge in [0, 0.05) is 38.3 Å². The maximum atomic E-state index is 11.8. The summed E-state index contributed by atoms with van der Waals surface area (Å²) in [5, 5.41) is 4.73. The second kappa shape index (κ2) is 8.86. The molecule has 1 amide bonds. The van der Waals surface area contributed by atoms with Crippen molar-refractivity contribution in [3.05, 3.63) is 66.5 Å². The van der Waals surface area contributed by atoms with Gasteiger partial charge < -0.3 is 9.64 Å². The molecule has 0 spiro atoms. The van der Waals surface area contributed by atoms with Crippen LogP contribution in [-0.4, -0.2) is 43.6 Å². The first-order valence-corrected chi connectivity index (χ1v) is 10.0. The van der Waals surface area contributed by atoms with E-state index in [1.54, 1.807) is 19.3 Å². The first-order valence-electron chi connectivity index (χ1n) is 10.0. The zero-order valence-electron chi connectivity index (χ0n) is 16.6. The molecule has 1 fully saturated rings. The van der Waals surface area contributed by atoms with Crippen molar-refractivity contribution in [3.8, 4) is 11.4 Å². The molecule has 7 nitrogen and oxygen atoms in total. The number of carbonyl (C=O) groups excluding carboxylic acids is 1. The lowest BCUT2D eigenvalue weighted by atomic mass is 10.00. The van der Waals surface area contributed by atoms with E-state index < -0.39 is 0 Å². The smallest absolute Gasteiger partial charge is 0.219 e. The fourth-order valence-corrected chi connectivity index (χ4v) is 3.70. The summed E-state index contributed by atoms with van der Waals surface area (Å²) in [5.74, 6) is 2.74. The molecule has 1 aromatic carbocycles. The van der Waals surface area contributed by atoms with E-state index in [1.165, 1.54) is 0 Å². The van der Waals surface area contributed by atoms with Crippen LogP contribution in [0.4, 0.5) is 0 Å². The molecule has 1 saturated heterocycles. The Morgan fingerprint density at radius 2 is 1.90 bits per heavy atom. The van der Waals surface area contributed by atoms with Crippen molar-refractivity contribution in [2.24, 2.45) is 0 Å². The molecular weight excluding hydrogens is 366 g/mol. The van der Waals surface area contributed by atoms with Crippen molar-refractivity contribution in [3.63, 3.8) is 0 Å². The molecule has 1 atom stereocenters. The molecule has 1 unspecified atom stereocenters. The van der Waals surface area contributed by atoms with Crippen LogP contribution in [-0.2, 0) is 11.4 Å². The summed E-state index contributed by atoms with van der Waals surface area (Å²) in [6.07, 6.45) is 6.33. The topological polar surface area (TPSA) is 73.1 Å². The molecule has 3 aromatic rings. The van der Waals surface area contributed by atoms with Gasteiger partial charge in [0.1, 0.15) is 18.2 Å². The van der Waals surface area contributed by atoms with Gasteiger partial charge in [-0.05, 0) is 43.5 Å². The Kier molecular flexibility index (Phi) is 5.84. The molecular formula is C22H25N5O2. The summed E-state index contributed by atoms with van der Waals surface area (Å²) in [6, 6.07) is 13.5. The minimum atomic E-state index is 0.137. The maximum absolute atomic E-state index is 11.8. The number of hydrogen-bond acceptors (Lipinski definition) is 5. The normalized spacial score (nSPS) is 17.0. The first-order chi connectivity index (χ1) is 14.2. The summed E-state index contributed by atoms with van der Waals surface area (Å²) < 4.78 is 7.76. The summed E-state index contributed by atoms with van der Waals surface area (Å²) in [6.45, 7) is 3.50. The highest BCUT2D eigenvalue weighted by Gasteiger charge is 2.25. The number of ether oxygens (including phenoxy) is 1. The third-order valence-electron chi connectivity index (χ3n) is 5.23. The van der Waals surface area contributed by atoms with Crippen LogP contribution in [0.5, 0.6) is 5.75 Å². The average Bonchev–Trinajstić information content (AvgIpc) is 3.02. The predicted octanol–water partition coefficient (Wildman–Crippen LogP) is 3.36. The van der Waals surface area contributed by atoms with Crippen LogP contribution < -0.4 is 4.74 Å². The zero-order chi connectivity index (χ0) is 20.1. The van der Waals surface area contributed by atoms with Crippen molar-refractivity contribution in [1.29, 1.82) is 0 Å². The molecule has 2 aromatic heterocycles. The minimum Gasteiger partial charge on any atom is -0.486 e. The Hall–Kier alpha value is -3.22. The van der Waals surface area contributed by atoms with Crippen LogP contribution in [0, 0.1) is 0 Å². The molecule has 0 aliphatic carbocycles. The highest BCUT2D eigenvalue weighted by molar-refractivity contribution is 5.73. The second-order valence-corrected chi connectivity index (χ2v) is 7.24. The van der Waals surface area contributed by atoms with Gasteiger partial charge in [-0.25, -0.2) is 9.67 Å². The van der Waals surface area contributed by atoms with E-state index in [0.717, 1.165) is 49.6 Å². The molecule has 4 rings (SSSR count). The van der Waals surface area contributed by atoms with Crippen molar-refractivity contribution in [2.45, 2.75) is 38.7 Å². The predicted molar refractivity (Wildman–Crippen MR) is 109 cm³/mol. The van der Waals surface area contributed by atoms with E-state index >= 15 is 0 Å². The number of aromatic nitrogens is 4. The first kappa shape index (κ1) is 19.1. The largest absolute Gasteiger partial charge is 0.486 e. The van der Waals surface area contributed by atoms with Crippen molar-refractivity contribution in [2.75, 3.05) is 13.1 Å². The highest BCUT2D eigenvalue weighted by Crippen LogP contribution is 2.29. The standard InChI is InChI=1S/C22H25N5O2/c1-17(28)26-14-5-6-18(11-15-26)22-24-21(16-29-20-7-3-2-4-8-20)25-27(22)19-9-12-23-13-10-19/h2-4,7-10,12-13,18H,5-6,11,14-16H2,1H3. The van der Waals surface area contributed by atoms with E-state index in [4.69, 9.17) is 14.8 Å². The molecule has 1 aliphatic rings. The van der Waals surface area contributed by atoms with Gasteiger partial charge in [0.2, 0.25) is 5.91 Å². The van der Waals surface area contributed by atoms with Gasteiger partial charge in [0.25, 0.3) is 0 Å². The second-order valence-electron chi connectivity index (χ2n) is 7.24. The molecule has 150 valence electrons. The molecule has 0 bridgehead atoms. The van der Waals surface area contributed by atoms with Crippen LogP contribution >= 0.6 is 0 Å². The number of hydrogen-bond donors (Lipinski definition) is 0. The summed E-state index contributed by atoms with van der Waals surface area (Å²) >= 11 is 0. The molecule has 29 heavy (non-hydrogen) atoms. The monoisotopic (exact) mass is 391 g/mol. The number of likely N-dealkylation sites (tertiary alicyclic amines) is 1. The number of benzene rings is 1. The third-order valence-corrected chi connectivity index (χ3v) is 5.23. The number of pyridine rings is 1. The Balaban J connectivity index is 1.59. The van der Waals surface area contributed by atoms with E-state index in [0.29, 0.717) is 12.4 Å². The Morgan fingerprint density at radius 3 is 2.66 bits per heavy atom. The molecule has 0 saturated carbocycles. The lowest BCUT2D eigenvalue weighted by molar-refractivity contribution is -0.128. The van der Waals surface area contributed by atoms with E-state index in [2.05, 4.69) is 4.98 Å². The number of rotatable bonds is 5. The van der Waals surface area contributed by atoms with Gasteiger partial charge in [-0.15, -0.1) is 5.10 Å². The van der Waals surface area contributed by atoms with E-state index in [-0.39, 0.29) is 11.8 Å². The van der Waals surface area contributed by atoms with Crippen LogP contribution in [0.25, 0.3) is 5.69 Å². The molecule has 3 heterocycles. The Bertz CT molecular complexity index is 942. The fraction of sp³-hybridized carbons (Fsp3) is 0.364. The Morgan fingerprint density at radius 1 is 1.10 bits per heavy atom. The molecule has 1 aliphatic heterocycles. The third kappa shape index (κ3) is 4.62. The van der Waals surface area contributed by atoms with Gasteiger partial charge in [-0.3, -0.25) is 9.78 Å². The fourth-order valence-electron chi connectivity index (χ4n) is 3.70. The molecule has 7 heteroatoms. The number of carbonyl (C=O) groups is 1. The van der Waals surface area contributed by atoms with Gasteiger partial charge in [-0.1, -0.05) is 18.2 Å². The maximum Gasteiger partial charge on any atom is 0.219 e. The molecule has 0 N–H and O–H groups in total. The SMILES string of the molecule is CC(=O)N1CCCC(c2nc(COc3ccccc3)nn2-c2ccncc2)CC1.